The van der Waals surface area contributed by atoms with E-state index in [1.54, 1.807) is 32.9 Å². The van der Waals surface area contributed by atoms with Crippen molar-refractivity contribution >= 4 is 23.9 Å². The molecule has 0 aliphatic rings. The Morgan fingerprint density at radius 1 is 1.00 bits per heavy atom. The zero-order chi connectivity index (χ0) is 22.7. The molecule has 0 unspecified atom stereocenters. The topological polar surface area (TPSA) is 131 Å². The molecule has 0 aliphatic carbocycles. The molecule has 1 aromatic rings. The lowest BCUT2D eigenvalue weighted by Gasteiger charge is -2.24. The van der Waals surface area contributed by atoms with Gasteiger partial charge >= 0.3 is 18.0 Å². The highest BCUT2D eigenvalue weighted by molar-refractivity contribution is 5.89. The average molecular weight is 422 g/mol. The lowest BCUT2D eigenvalue weighted by Crippen LogP contribution is -2.54. The first kappa shape index (κ1) is 24.9. The predicted octanol–water partition coefficient (Wildman–Crippen LogP) is 2.10. The number of hydrogen-bond donors (Lipinski definition) is 3. The van der Waals surface area contributed by atoms with Gasteiger partial charge in [0.05, 0.1) is 12.5 Å². The predicted molar refractivity (Wildman–Crippen MR) is 108 cm³/mol. The molecular formula is C21H30N2O7. The molecule has 0 fully saturated rings. The second-order valence-electron chi connectivity index (χ2n) is 7.22. The Hall–Kier alpha value is -3.10. The molecule has 0 aromatic heterocycles. The van der Waals surface area contributed by atoms with Crippen LogP contribution in [0, 0.1) is 11.8 Å². The van der Waals surface area contributed by atoms with E-state index in [4.69, 9.17) is 9.47 Å². The number of carboxylic acid groups (broad SMARTS) is 1. The number of amides is 2. The van der Waals surface area contributed by atoms with Crippen LogP contribution < -0.4 is 10.6 Å². The molecule has 1 aromatic carbocycles. The Morgan fingerprint density at radius 3 is 2.17 bits per heavy atom. The maximum atomic E-state index is 12.6. The number of ether oxygens (including phenoxy) is 2. The molecule has 0 bridgehead atoms. The molecule has 0 aliphatic heterocycles. The van der Waals surface area contributed by atoms with Crippen molar-refractivity contribution in [2.24, 2.45) is 11.8 Å². The molecule has 0 radical (unpaired) electrons. The summed E-state index contributed by atoms with van der Waals surface area (Å²) in [7, 11) is 0. The summed E-state index contributed by atoms with van der Waals surface area (Å²) < 4.78 is 10.00. The first-order valence-corrected chi connectivity index (χ1v) is 9.82. The van der Waals surface area contributed by atoms with Gasteiger partial charge in [-0.1, -0.05) is 51.1 Å². The monoisotopic (exact) mass is 422 g/mol. The van der Waals surface area contributed by atoms with Gasteiger partial charge in [-0.25, -0.2) is 9.59 Å². The van der Waals surface area contributed by atoms with E-state index in [0.717, 1.165) is 5.56 Å². The summed E-state index contributed by atoms with van der Waals surface area (Å²) in [6, 6.07) is 6.73. The van der Waals surface area contributed by atoms with Gasteiger partial charge < -0.3 is 25.2 Å². The second kappa shape index (κ2) is 12.5. The van der Waals surface area contributed by atoms with Crippen LogP contribution in [0.3, 0.4) is 0 Å². The van der Waals surface area contributed by atoms with E-state index in [1.807, 2.05) is 18.2 Å². The van der Waals surface area contributed by atoms with Crippen molar-refractivity contribution in [3.05, 3.63) is 35.9 Å². The van der Waals surface area contributed by atoms with Gasteiger partial charge in [0.15, 0.2) is 0 Å². The molecule has 2 amide bonds. The number of hydrogen-bond acceptors (Lipinski definition) is 6. The second-order valence-corrected chi connectivity index (χ2v) is 7.22. The molecule has 0 spiro atoms. The summed E-state index contributed by atoms with van der Waals surface area (Å²) >= 11 is 0. The van der Waals surface area contributed by atoms with Crippen molar-refractivity contribution < 1.29 is 33.8 Å². The number of nitrogens with one attached hydrogen (secondary N) is 2. The van der Waals surface area contributed by atoms with Crippen LogP contribution in [0.2, 0.25) is 0 Å². The minimum Gasteiger partial charge on any atom is -0.480 e. The minimum absolute atomic E-state index is 0.0356. The number of alkyl carbamates (subject to hydrolysis) is 1. The van der Waals surface area contributed by atoms with Crippen molar-refractivity contribution in [3.8, 4) is 0 Å². The molecule has 0 heterocycles. The van der Waals surface area contributed by atoms with Crippen LogP contribution in [0.1, 0.15) is 39.7 Å². The third-order valence-electron chi connectivity index (χ3n) is 4.33. The van der Waals surface area contributed by atoms with Gasteiger partial charge in [-0.05, 0) is 24.8 Å². The van der Waals surface area contributed by atoms with Gasteiger partial charge in [0.25, 0.3) is 0 Å². The van der Waals surface area contributed by atoms with Crippen LogP contribution in [0.5, 0.6) is 0 Å². The number of carbonyl (C=O) groups excluding carboxylic acids is 3. The van der Waals surface area contributed by atoms with Crippen molar-refractivity contribution in [1.29, 1.82) is 0 Å². The third kappa shape index (κ3) is 8.50. The molecule has 3 N–H and O–H groups in total. The fourth-order valence-electron chi connectivity index (χ4n) is 2.64. The molecule has 3 atom stereocenters. The molecule has 166 valence electrons. The van der Waals surface area contributed by atoms with Crippen molar-refractivity contribution in [3.63, 3.8) is 0 Å². The Labute approximate surface area is 176 Å². The SMILES string of the molecule is CCOC(=O)[C@H](C)C[C@H](NC(=O)[C@H](NC(=O)OCc1ccccc1)C(C)C)C(=O)O. The lowest BCUT2D eigenvalue weighted by atomic mass is 9.99. The highest BCUT2D eigenvalue weighted by atomic mass is 16.5. The quantitative estimate of drug-likeness (QED) is 0.465. The van der Waals surface area contributed by atoms with Crippen LogP contribution in [0.15, 0.2) is 30.3 Å². The summed E-state index contributed by atoms with van der Waals surface area (Å²) in [6.45, 7) is 6.80. The fourth-order valence-corrected chi connectivity index (χ4v) is 2.64. The van der Waals surface area contributed by atoms with Crippen molar-refractivity contribution in [2.75, 3.05) is 6.61 Å². The number of rotatable bonds is 11. The largest absolute Gasteiger partial charge is 0.480 e. The van der Waals surface area contributed by atoms with Gasteiger partial charge in [0, 0.05) is 0 Å². The number of carboxylic acids is 1. The van der Waals surface area contributed by atoms with Gasteiger partial charge in [0.2, 0.25) is 5.91 Å². The van der Waals surface area contributed by atoms with E-state index in [-0.39, 0.29) is 25.6 Å². The normalized spacial score (nSPS) is 13.6. The zero-order valence-electron chi connectivity index (χ0n) is 17.7. The van der Waals surface area contributed by atoms with E-state index >= 15 is 0 Å². The maximum Gasteiger partial charge on any atom is 0.408 e. The smallest absolute Gasteiger partial charge is 0.408 e. The van der Waals surface area contributed by atoms with E-state index < -0.39 is 41.9 Å². The van der Waals surface area contributed by atoms with Crippen LogP contribution in [0.4, 0.5) is 4.79 Å². The van der Waals surface area contributed by atoms with E-state index in [9.17, 15) is 24.3 Å². The molecular weight excluding hydrogens is 392 g/mol. The van der Waals surface area contributed by atoms with Gasteiger partial charge in [-0.15, -0.1) is 0 Å². The number of carbonyl (C=O) groups is 4. The van der Waals surface area contributed by atoms with Crippen LogP contribution in [-0.4, -0.2) is 47.7 Å². The van der Waals surface area contributed by atoms with Crippen LogP contribution in [-0.2, 0) is 30.5 Å². The summed E-state index contributed by atoms with van der Waals surface area (Å²) in [5, 5.41) is 14.3. The molecule has 30 heavy (non-hydrogen) atoms. The Balaban J connectivity index is 2.70. The molecule has 9 heteroatoms. The van der Waals surface area contributed by atoms with Gasteiger partial charge in [-0.2, -0.15) is 0 Å². The Kier molecular flexibility index (Phi) is 10.4. The third-order valence-corrected chi connectivity index (χ3v) is 4.33. The zero-order valence-corrected chi connectivity index (χ0v) is 17.7. The van der Waals surface area contributed by atoms with Crippen molar-refractivity contribution in [2.45, 2.75) is 52.8 Å². The Bertz CT molecular complexity index is 721. The van der Waals surface area contributed by atoms with Crippen LogP contribution in [0.25, 0.3) is 0 Å². The van der Waals surface area contributed by atoms with E-state index in [2.05, 4.69) is 10.6 Å². The number of aliphatic carboxylic acids is 1. The highest BCUT2D eigenvalue weighted by Gasteiger charge is 2.31. The maximum absolute atomic E-state index is 12.6. The molecule has 9 nitrogen and oxygen atoms in total. The van der Waals surface area contributed by atoms with Crippen molar-refractivity contribution in [1.82, 2.24) is 10.6 Å². The fraction of sp³-hybridized carbons (Fsp3) is 0.524. The summed E-state index contributed by atoms with van der Waals surface area (Å²) in [6.07, 6.45) is -0.928. The summed E-state index contributed by atoms with van der Waals surface area (Å²) in [5.74, 6) is -3.54. The minimum atomic E-state index is -1.31. The molecule has 0 saturated heterocycles. The highest BCUT2D eigenvalue weighted by Crippen LogP contribution is 2.11. The average Bonchev–Trinajstić information content (AvgIpc) is 2.70. The van der Waals surface area contributed by atoms with E-state index in [1.165, 1.54) is 6.92 Å². The first-order chi connectivity index (χ1) is 14.1. The standard InChI is InChI=1S/C21H30N2O7/c1-5-29-20(27)14(4)11-16(19(25)26)22-18(24)17(13(2)3)23-21(28)30-12-15-9-7-6-8-10-15/h6-10,13-14,16-17H,5,11-12H2,1-4H3,(H,22,24)(H,23,28)(H,25,26)/t14-,16+,17-/m1/s1. The van der Waals surface area contributed by atoms with Gasteiger partial charge in [-0.3, -0.25) is 9.59 Å². The summed E-state index contributed by atoms with van der Waals surface area (Å²) in [4.78, 5) is 48.0. The Morgan fingerprint density at radius 2 is 1.63 bits per heavy atom. The van der Waals surface area contributed by atoms with Crippen LogP contribution >= 0.6 is 0 Å². The first-order valence-electron chi connectivity index (χ1n) is 9.82. The molecule has 1 rings (SSSR count). The number of benzene rings is 1. The van der Waals surface area contributed by atoms with Gasteiger partial charge in [0.1, 0.15) is 18.7 Å². The summed E-state index contributed by atoms with van der Waals surface area (Å²) in [5.41, 5.74) is 0.789. The van der Waals surface area contributed by atoms with E-state index in [0.29, 0.717) is 0 Å². The lowest BCUT2D eigenvalue weighted by molar-refractivity contribution is -0.149. The number of esters is 1. The molecule has 0 saturated carbocycles.